The van der Waals surface area contributed by atoms with E-state index >= 15 is 0 Å². The van der Waals surface area contributed by atoms with Gasteiger partial charge >= 0.3 is 0 Å². The lowest BCUT2D eigenvalue weighted by atomic mass is 10.4. The molecule has 2 aromatic rings. The molecule has 3 nitrogen and oxygen atoms in total. The number of pyridine rings is 1. The Morgan fingerprint density at radius 3 is 3.14 bits per heavy atom. The van der Waals surface area contributed by atoms with Crippen molar-refractivity contribution in [3.8, 4) is 0 Å². The molecule has 4 heteroatoms. The summed E-state index contributed by atoms with van der Waals surface area (Å²) >= 11 is 5.98. The molecule has 0 aliphatic rings. The highest BCUT2D eigenvalue weighted by Gasteiger charge is 2.05. The number of imidazole rings is 1. The van der Waals surface area contributed by atoms with Gasteiger partial charge in [-0.1, -0.05) is 23.7 Å². The monoisotopic (exact) mass is 207 g/mol. The van der Waals surface area contributed by atoms with E-state index in [9.17, 15) is 0 Å². The van der Waals surface area contributed by atoms with Crippen LogP contribution in [0.3, 0.4) is 0 Å². The quantitative estimate of drug-likeness (QED) is 0.818. The molecule has 2 heterocycles. The summed E-state index contributed by atoms with van der Waals surface area (Å²) in [7, 11) is 0. The van der Waals surface area contributed by atoms with Crippen molar-refractivity contribution in [2.75, 3.05) is 6.54 Å². The summed E-state index contributed by atoms with van der Waals surface area (Å²) in [6.07, 6.45) is 5.65. The van der Waals surface area contributed by atoms with E-state index in [1.807, 2.05) is 40.9 Å². The first-order valence-corrected chi connectivity index (χ1v) is 4.70. The summed E-state index contributed by atoms with van der Waals surface area (Å²) in [5.74, 6) is 0. The molecular weight excluding hydrogens is 198 g/mol. The fraction of sp³-hybridized carbons (Fsp3) is 0.100. The molecule has 2 rings (SSSR count). The lowest BCUT2D eigenvalue weighted by Crippen LogP contribution is -1.93. The molecule has 0 aliphatic heterocycles. The van der Waals surface area contributed by atoms with Crippen molar-refractivity contribution in [3.63, 3.8) is 0 Å². The molecule has 0 spiro atoms. The molecule has 0 saturated carbocycles. The van der Waals surface area contributed by atoms with Crippen LogP contribution in [0.5, 0.6) is 0 Å². The second kappa shape index (κ2) is 3.82. The van der Waals surface area contributed by atoms with Gasteiger partial charge in [-0.2, -0.15) is 0 Å². The van der Waals surface area contributed by atoms with Crippen LogP contribution >= 0.6 is 11.6 Å². The second-order valence-corrected chi connectivity index (χ2v) is 3.21. The minimum Gasteiger partial charge on any atom is -0.327 e. The van der Waals surface area contributed by atoms with Crippen LogP contribution in [0.1, 0.15) is 5.69 Å². The smallest absolute Gasteiger partial charge is 0.155 e. The van der Waals surface area contributed by atoms with Crippen molar-refractivity contribution in [1.82, 2.24) is 9.38 Å². The number of hydrogen-bond acceptors (Lipinski definition) is 2. The lowest BCUT2D eigenvalue weighted by molar-refractivity contribution is 1.16. The summed E-state index contributed by atoms with van der Waals surface area (Å²) in [6.45, 7) is 0.496. The first-order chi connectivity index (χ1) is 6.83. The van der Waals surface area contributed by atoms with Crippen LogP contribution in [-0.4, -0.2) is 15.9 Å². The highest BCUT2D eigenvalue weighted by atomic mass is 35.5. The topological polar surface area (TPSA) is 43.3 Å². The van der Waals surface area contributed by atoms with Gasteiger partial charge in [0, 0.05) is 12.7 Å². The number of nitrogens with zero attached hydrogens (tertiary/aromatic N) is 2. The van der Waals surface area contributed by atoms with Gasteiger partial charge in [-0.15, -0.1) is 0 Å². The Bertz CT molecular complexity index is 473. The maximum atomic E-state index is 5.98. The molecule has 0 fully saturated rings. The molecule has 2 aromatic heterocycles. The molecular formula is C10H10ClN3. The third-order valence-corrected chi connectivity index (χ3v) is 2.21. The van der Waals surface area contributed by atoms with Gasteiger partial charge in [-0.05, 0) is 18.2 Å². The van der Waals surface area contributed by atoms with Crippen LogP contribution in [0.15, 0.2) is 30.5 Å². The maximum Gasteiger partial charge on any atom is 0.155 e. The van der Waals surface area contributed by atoms with E-state index in [-0.39, 0.29) is 0 Å². The van der Waals surface area contributed by atoms with Gasteiger partial charge < -0.3 is 5.73 Å². The molecule has 0 aromatic carbocycles. The highest BCUT2D eigenvalue weighted by molar-refractivity contribution is 6.31. The van der Waals surface area contributed by atoms with E-state index < -0.39 is 0 Å². The SMILES string of the molecule is NCC=Cc1c(Cl)nc2ccccn12. The van der Waals surface area contributed by atoms with Crippen LogP contribution in [0.25, 0.3) is 11.7 Å². The average Bonchev–Trinajstić information content (AvgIpc) is 2.51. The van der Waals surface area contributed by atoms with Crippen molar-refractivity contribution < 1.29 is 0 Å². The molecule has 2 N–H and O–H groups in total. The minimum atomic E-state index is 0.496. The Kier molecular flexibility index (Phi) is 2.52. The Hall–Kier alpha value is -1.32. The van der Waals surface area contributed by atoms with Crippen LogP contribution in [0.4, 0.5) is 0 Å². The van der Waals surface area contributed by atoms with E-state index in [0.29, 0.717) is 11.7 Å². The van der Waals surface area contributed by atoms with Gasteiger partial charge in [0.05, 0.1) is 5.69 Å². The van der Waals surface area contributed by atoms with Gasteiger partial charge in [0.15, 0.2) is 5.15 Å². The number of hydrogen-bond donors (Lipinski definition) is 1. The van der Waals surface area contributed by atoms with Crippen molar-refractivity contribution >= 4 is 23.3 Å². The zero-order chi connectivity index (χ0) is 9.97. The van der Waals surface area contributed by atoms with E-state index in [4.69, 9.17) is 17.3 Å². The van der Waals surface area contributed by atoms with Gasteiger partial charge in [0.25, 0.3) is 0 Å². The maximum absolute atomic E-state index is 5.98. The fourth-order valence-corrected chi connectivity index (χ4v) is 1.56. The largest absolute Gasteiger partial charge is 0.327 e. The summed E-state index contributed by atoms with van der Waals surface area (Å²) in [5.41, 5.74) is 7.09. The van der Waals surface area contributed by atoms with Crippen molar-refractivity contribution in [2.45, 2.75) is 0 Å². The molecule has 0 amide bonds. The zero-order valence-corrected chi connectivity index (χ0v) is 8.28. The minimum absolute atomic E-state index is 0.496. The first kappa shape index (κ1) is 9.24. The summed E-state index contributed by atoms with van der Waals surface area (Å²) < 4.78 is 1.93. The Balaban J connectivity index is 2.62. The number of fused-ring (bicyclic) bond motifs is 1. The fourth-order valence-electron chi connectivity index (χ4n) is 1.31. The molecule has 0 unspecified atom stereocenters. The second-order valence-electron chi connectivity index (χ2n) is 2.85. The number of aromatic nitrogens is 2. The van der Waals surface area contributed by atoms with Gasteiger partial charge in [-0.3, -0.25) is 4.40 Å². The lowest BCUT2D eigenvalue weighted by Gasteiger charge is -1.94. The number of halogens is 1. The summed E-state index contributed by atoms with van der Waals surface area (Å²) in [6, 6.07) is 5.77. The van der Waals surface area contributed by atoms with E-state index in [1.165, 1.54) is 0 Å². The summed E-state index contributed by atoms with van der Waals surface area (Å²) in [5, 5.41) is 0.501. The van der Waals surface area contributed by atoms with Crippen LogP contribution in [-0.2, 0) is 0 Å². The number of nitrogens with two attached hydrogens (primary N) is 1. The molecule has 0 saturated heterocycles. The standard InChI is InChI=1S/C10H10ClN3/c11-10-8(4-3-6-12)14-7-2-1-5-9(14)13-10/h1-5,7H,6,12H2. The predicted octanol–water partition coefficient (Wildman–Crippen LogP) is 1.96. The van der Waals surface area contributed by atoms with Gasteiger partial charge in [-0.25, -0.2) is 4.98 Å². The normalized spacial score (nSPS) is 11.6. The van der Waals surface area contributed by atoms with E-state index in [2.05, 4.69) is 4.98 Å². The summed E-state index contributed by atoms with van der Waals surface area (Å²) in [4.78, 5) is 4.20. The Labute approximate surface area is 86.8 Å². The number of rotatable bonds is 2. The van der Waals surface area contributed by atoms with Crippen molar-refractivity contribution in [3.05, 3.63) is 41.3 Å². The molecule has 0 bridgehead atoms. The van der Waals surface area contributed by atoms with Crippen LogP contribution in [0.2, 0.25) is 5.15 Å². The highest BCUT2D eigenvalue weighted by Crippen LogP contribution is 2.18. The molecule has 0 aliphatic carbocycles. The molecule has 0 radical (unpaired) electrons. The molecule has 14 heavy (non-hydrogen) atoms. The predicted molar refractivity (Wildman–Crippen MR) is 58.3 cm³/mol. The molecule has 0 atom stereocenters. The van der Waals surface area contributed by atoms with Crippen molar-refractivity contribution in [2.24, 2.45) is 5.73 Å². The van der Waals surface area contributed by atoms with E-state index in [1.54, 1.807) is 0 Å². The molecule has 72 valence electrons. The van der Waals surface area contributed by atoms with Crippen LogP contribution in [0, 0.1) is 0 Å². The Morgan fingerprint density at radius 1 is 1.50 bits per heavy atom. The third-order valence-electron chi connectivity index (χ3n) is 1.93. The van der Waals surface area contributed by atoms with E-state index in [0.717, 1.165) is 11.3 Å². The van der Waals surface area contributed by atoms with Crippen molar-refractivity contribution in [1.29, 1.82) is 0 Å². The van der Waals surface area contributed by atoms with Gasteiger partial charge in [0.1, 0.15) is 5.65 Å². The zero-order valence-electron chi connectivity index (χ0n) is 7.52. The Morgan fingerprint density at radius 2 is 2.36 bits per heavy atom. The average molecular weight is 208 g/mol. The van der Waals surface area contributed by atoms with Gasteiger partial charge in [0.2, 0.25) is 0 Å². The van der Waals surface area contributed by atoms with Crippen LogP contribution < -0.4 is 5.73 Å². The first-order valence-electron chi connectivity index (χ1n) is 4.32. The third kappa shape index (κ3) is 1.52.